The van der Waals surface area contributed by atoms with Gasteiger partial charge >= 0.3 is 6.18 Å². The lowest BCUT2D eigenvalue weighted by Crippen LogP contribution is -2.05. The molecule has 1 aromatic heterocycles. The lowest BCUT2D eigenvalue weighted by molar-refractivity contribution is -0.137. The summed E-state index contributed by atoms with van der Waals surface area (Å²) in [4.78, 5) is 4.30. The van der Waals surface area contributed by atoms with Crippen molar-refractivity contribution in [2.75, 3.05) is 6.61 Å². The Kier molecular flexibility index (Phi) is 5.43. The molecule has 4 nitrogen and oxygen atoms in total. The van der Waals surface area contributed by atoms with Gasteiger partial charge in [0.25, 0.3) is 0 Å². The molecule has 2 aromatic carbocycles. The minimum atomic E-state index is -4.38. The van der Waals surface area contributed by atoms with Crippen molar-refractivity contribution in [2.45, 2.75) is 12.3 Å². The molecule has 0 spiro atoms. The molecule has 3 aromatic rings. The van der Waals surface area contributed by atoms with Crippen LogP contribution in [0.5, 0.6) is 11.5 Å². The van der Waals surface area contributed by atoms with Gasteiger partial charge in [-0.15, -0.1) is 0 Å². The number of hydrogen-bond acceptors (Lipinski definition) is 4. The zero-order valence-corrected chi connectivity index (χ0v) is 14.0. The molecular formula is C20H16F3NO3. The van der Waals surface area contributed by atoms with Crippen LogP contribution in [0.15, 0.2) is 66.7 Å². The van der Waals surface area contributed by atoms with Gasteiger partial charge in [0, 0.05) is 5.56 Å². The van der Waals surface area contributed by atoms with E-state index in [0.717, 1.165) is 17.7 Å². The topological polar surface area (TPSA) is 62.6 Å². The summed E-state index contributed by atoms with van der Waals surface area (Å²) in [6.45, 7) is -0.420. The maximum absolute atomic E-state index is 12.6. The summed E-state index contributed by atoms with van der Waals surface area (Å²) in [5.41, 5.74) is 1.00. The van der Waals surface area contributed by atoms with E-state index in [2.05, 4.69) is 4.98 Å². The number of nitrogens with zero attached hydrogens (tertiary/aromatic N) is 1. The van der Waals surface area contributed by atoms with E-state index < -0.39 is 24.5 Å². The highest BCUT2D eigenvalue weighted by Crippen LogP contribution is 2.31. The summed E-state index contributed by atoms with van der Waals surface area (Å²) in [6.07, 6.45) is -5.43. The SMILES string of the molecule is OC[C@@H](O)c1cccc(-c2ccc(Oc3ccc(C(F)(F)F)cc3)cc2)n1. The molecule has 0 fully saturated rings. The maximum Gasteiger partial charge on any atom is 0.416 e. The van der Waals surface area contributed by atoms with Crippen LogP contribution in [0.25, 0.3) is 11.3 Å². The largest absolute Gasteiger partial charge is 0.457 e. The molecule has 0 unspecified atom stereocenters. The molecule has 27 heavy (non-hydrogen) atoms. The van der Waals surface area contributed by atoms with Crippen molar-refractivity contribution in [3.63, 3.8) is 0 Å². The number of pyridine rings is 1. The van der Waals surface area contributed by atoms with E-state index in [1.807, 2.05) is 0 Å². The van der Waals surface area contributed by atoms with Crippen molar-refractivity contribution in [3.8, 4) is 22.8 Å². The van der Waals surface area contributed by atoms with Gasteiger partial charge in [0.1, 0.15) is 17.6 Å². The average molecular weight is 375 g/mol. The minimum absolute atomic E-state index is 0.293. The molecule has 0 saturated carbocycles. The fourth-order valence-corrected chi connectivity index (χ4v) is 2.43. The third-order valence-corrected chi connectivity index (χ3v) is 3.85. The first kappa shape index (κ1) is 18.9. The van der Waals surface area contributed by atoms with Crippen molar-refractivity contribution in [1.29, 1.82) is 0 Å². The third kappa shape index (κ3) is 4.64. The molecule has 2 N–H and O–H groups in total. The molecule has 0 saturated heterocycles. The van der Waals surface area contributed by atoms with Gasteiger partial charge in [0.2, 0.25) is 0 Å². The highest BCUT2D eigenvalue weighted by Gasteiger charge is 2.30. The van der Waals surface area contributed by atoms with Crippen LogP contribution in [0, 0.1) is 0 Å². The Hall–Kier alpha value is -2.90. The Morgan fingerprint density at radius 1 is 0.889 bits per heavy atom. The van der Waals surface area contributed by atoms with E-state index in [4.69, 9.17) is 9.84 Å². The number of aromatic nitrogens is 1. The Morgan fingerprint density at radius 2 is 1.48 bits per heavy atom. The lowest BCUT2D eigenvalue weighted by atomic mass is 10.1. The van der Waals surface area contributed by atoms with Gasteiger partial charge in [-0.1, -0.05) is 6.07 Å². The van der Waals surface area contributed by atoms with Gasteiger partial charge in [0.05, 0.1) is 23.6 Å². The lowest BCUT2D eigenvalue weighted by Gasteiger charge is -2.10. The summed E-state index contributed by atoms with van der Waals surface area (Å²) in [6, 6.07) is 16.4. The van der Waals surface area contributed by atoms with E-state index in [9.17, 15) is 18.3 Å². The Balaban J connectivity index is 1.74. The molecule has 0 aliphatic rings. The van der Waals surface area contributed by atoms with Crippen molar-refractivity contribution in [2.24, 2.45) is 0 Å². The molecule has 140 valence electrons. The Morgan fingerprint density at radius 3 is 2.04 bits per heavy atom. The minimum Gasteiger partial charge on any atom is -0.457 e. The van der Waals surface area contributed by atoms with Crippen molar-refractivity contribution >= 4 is 0 Å². The quantitative estimate of drug-likeness (QED) is 0.685. The number of aliphatic hydroxyl groups is 2. The molecule has 0 radical (unpaired) electrons. The predicted octanol–water partition coefficient (Wildman–Crippen LogP) is 4.59. The van der Waals surface area contributed by atoms with Crippen LogP contribution in [-0.4, -0.2) is 21.8 Å². The highest BCUT2D eigenvalue weighted by atomic mass is 19.4. The second-order valence-electron chi connectivity index (χ2n) is 5.79. The molecule has 0 aliphatic carbocycles. The first-order chi connectivity index (χ1) is 12.9. The third-order valence-electron chi connectivity index (χ3n) is 3.85. The number of alkyl halides is 3. The number of hydrogen-bond donors (Lipinski definition) is 2. The number of ether oxygens (including phenoxy) is 1. The summed E-state index contributed by atoms with van der Waals surface area (Å²) >= 11 is 0. The summed E-state index contributed by atoms with van der Waals surface area (Å²) in [7, 11) is 0. The Labute approximate surface area is 153 Å². The van der Waals surface area contributed by atoms with Crippen LogP contribution in [0.2, 0.25) is 0 Å². The summed E-state index contributed by atoms with van der Waals surface area (Å²) in [5.74, 6) is 0.756. The number of aliphatic hydroxyl groups excluding tert-OH is 2. The predicted molar refractivity (Wildman–Crippen MR) is 93.2 cm³/mol. The zero-order chi connectivity index (χ0) is 19.4. The molecular weight excluding hydrogens is 359 g/mol. The molecule has 7 heteroatoms. The first-order valence-electron chi connectivity index (χ1n) is 8.08. The second kappa shape index (κ2) is 7.77. The van der Waals surface area contributed by atoms with Crippen LogP contribution >= 0.6 is 0 Å². The molecule has 0 amide bonds. The van der Waals surface area contributed by atoms with Gasteiger partial charge in [-0.2, -0.15) is 13.2 Å². The molecule has 1 atom stereocenters. The van der Waals surface area contributed by atoms with Gasteiger partial charge < -0.3 is 14.9 Å². The van der Waals surface area contributed by atoms with E-state index in [-0.39, 0.29) is 0 Å². The van der Waals surface area contributed by atoms with E-state index in [1.54, 1.807) is 42.5 Å². The molecule has 3 rings (SSSR count). The van der Waals surface area contributed by atoms with Crippen LogP contribution in [0.4, 0.5) is 13.2 Å². The van der Waals surface area contributed by atoms with Crippen LogP contribution in [0.3, 0.4) is 0 Å². The number of benzene rings is 2. The fourth-order valence-electron chi connectivity index (χ4n) is 2.43. The maximum atomic E-state index is 12.6. The monoisotopic (exact) mass is 375 g/mol. The number of rotatable bonds is 5. The van der Waals surface area contributed by atoms with Crippen molar-refractivity contribution in [1.82, 2.24) is 4.98 Å². The normalized spacial score (nSPS) is 12.6. The second-order valence-corrected chi connectivity index (χ2v) is 5.79. The highest BCUT2D eigenvalue weighted by molar-refractivity contribution is 5.60. The first-order valence-corrected chi connectivity index (χ1v) is 8.08. The van der Waals surface area contributed by atoms with E-state index >= 15 is 0 Å². The smallest absolute Gasteiger partial charge is 0.416 e. The van der Waals surface area contributed by atoms with Crippen molar-refractivity contribution < 1.29 is 28.1 Å². The van der Waals surface area contributed by atoms with Gasteiger partial charge in [-0.05, 0) is 60.7 Å². The van der Waals surface area contributed by atoms with Crippen LogP contribution in [0.1, 0.15) is 17.4 Å². The van der Waals surface area contributed by atoms with E-state index in [1.165, 1.54) is 12.1 Å². The summed E-state index contributed by atoms with van der Waals surface area (Å²) in [5, 5.41) is 18.7. The van der Waals surface area contributed by atoms with Gasteiger partial charge in [0.15, 0.2) is 0 Å². The van der Waals surface area contributed by atoms with Gasteiger partial charge in [-0.3, -0.25) is 0 Å². The fraction of sp³-hybridized carbons (Fsp3) is 0.150. The molecule has 0 bridgehead atoms. The summed E-state index contributed by atoms with van der Waals surface area (Å²) < 4.78 is 43.3. The van der Waals surface area contributed by atoms with Crippen molar-refractivity contribution in [3.05, 3.63) is 78.0 Å². The van der Waals surface area contributed by atoms with Crippen LogP contribution < -0.4 is 4.74 Å². The molecule has 0 aliphatic heterocycles. The average Bonchev–Trinajstić information content (AvgIpc) is 2.68. The van der Waals surface area contributed by atoms with Crippen LogP contribution in [-0.2, 0) is 6.18 Å². The standard InChI is InChI=1S/C20H16F3NO3/c21-20(22,23)14-6-10-16(11-7-14)27-15-8-4-13(5-9-15)17-2-1-3-18(24-17)19(26)12-25/h1-11,19,25-26H,12H2/t19-/m1/s1. The zero-order valence-electron chi connectivity index (χ0n) is 14.0. The molecule has 1 heterocycles. The number of halogens is 3. The van der Waals surface area contributed by atoms with E-state index in [0.29, 0.717) is 22.9 Å². The Bertz CT molecular complexity index is 894. The van der Waals surface area contributed by atoms with Gasteiger partial charge in [-0.25, -0.2) is 4.98 Å².